The molecule has 0 spiro atoms. The summed E-state index contributed by atoms with van der Waals surface area (Å²) < 4.78 is 7.16. The molecule has 0 atom stereocenters. The number of benzene rings is 1. The van der Waals surface area contributed by atoms with Gasteiger partial charge in [0.05, 0.1) is 39.3 Å². The minimum absolute atomic E-state index is 0.800. The van der Waals surface area contributed by atoms with Crippen LogP contribution in [-0.2, 0) is 0 Å². The normalized spacial score (nSPS) is 23.0. The molecule has 0 amide bonds. The fourth-order valence-corrected chi connectivity index (χ4v) is 4.00. The molecule has 1 aromatic carbocycles. The molecule has 2 heterocycles. The lowest BCUT2D eigenvalue weighted by atomic mass is 10.1. The van der Waals surface area contributed by atoms with Crippen LogP contribution in [0.3, 0.4) is 0 Å². The van der Waals surface area contributed by atoms with E-state index >= 15 is 0 Å². The third-order valence-corrected chi connectivity index (χ3v) is 5.52. The lowest BCUT2D eigenvalue weighted by Gasteiger charge is -2.45. The average Bonchev–Trinajstić information content (AvgIpc) is 3.17. The summed E-state index contributed by atoms with van der Waals surface area (Å²) in [6.45, 7) is 4.53. The van der Waals surface area contributed by atoms with Gasteiger partial charge in [-0.15, -0.1) is 0 Å². The SMILES string of the molecule is C[N+]1(C2CCCC2)CCN(c2nc3ccccc3o2)CC1. The van der Waals surface area contributed by atoms with Gasteiger partial charge in [0.15, 0.2) is 5.58 Å². The van der Waals surface area contributed by atoms with Gasteiger partial charge in [0, 0.05) is 0 Å². The van der Waals surface area contributed by atoms with Crippen molar-refractivity contribution in [3.05, 3.63) is 24.3 Å². The van der Waals surface area contributed by atoms with Gasteiger partial charge in [0.2, 0.25) is 0 Å². The Morgan fingerprint density at radius 2 is 1.86 bits per heavy atom. The topological polar surface area (TPSA) is 29.3 Å². The monoisotopic (exact) mass is 286 g/mol. The van der Waals surface area contributed by atoms with Crippen molar-refractivity contribution >= 4 is 17.1 Å². The van der Waals surface area contributed by atoms with Crippen molar-refractivity contribution in [1.29, 1.82) is 0 Å². The summed E-state index contributed by atoms with van der Waals surface area (Å²) in [5, 5.41) is 0. The third kappa shape index (κ3) is 2.31. The lowest BCUT2D eigenvalue weighted by molar-refractivity contribution is -0.933. The van der Waals surface area contributed by atoms with Crippen LogP contribution in [0, 0.1) is 0 Å². The molecule has 2 aromatic rings. The van der Waals surface area contributed by atoms with E-state index in [1.165, 1.54) is 43.3 Å². The van der Waals surface area contributed by atoms with Crippen LogP contribution in [0.25, 0.3) is 11.1 Å². The number of para-hydroxylation sites is 2. The van der Waals surface area contributed by atoms with Crippen LogP contribution in [0.5, 0.6) is 0 Å². The first-order chi connectivity index (χ1) is 10.2. The number of piperazine rings is 1. The summed E-state index contributed by atoms with van der Waals surface area (Å²) in [7, 11) is 2.44. The molecule has 1 aromatic heterocycles. The second-order valence-electron chi connectivity index (χ2n) is 6.82. The number of anilines is 1. The van der Waals surface area contributed by atoms with Gasteiger partial charge in [-0.25, -0.2) is 0 Å². The van der Waals surface area contributed by atoms with Crippen LogP contribution in [0.2, 0.25) is 0 Å². The standard InChI is InChI=1S/C17H24N3O/c1-20(14-6-2-3-7-14)12-10-19(11-13-20)17-18-15-8-4-5-9-16(15)21-17/h4-5,8-9,14H,2-3,6-7,10-13H2,1H3/q+1. The maximum absolute atomic E-state index is 5.91. The first kappa shape index (κ1) is 13.1. The first-order valence-electron chi connectivity index (χ1n) is 8.19. The van der Waals surface area contributed by atoms with Crippen LogP contribution in [0.15, 0.2) is 28.7 Å². The molecule has 0 bridgehead atoms. The van der Waals surface area contributed by atoms with E-state index in [0.29, 0.717) is 0 Å². The summed E-state index contributed by atoms with van der Waals surface area (Å²) in [6, 6.07) is 9.71. The molecule has 1 saturated heterocycles. The van der Waals surface area contributed by atoms with Crippen molar-refractivity contribution in [2.75, 3.05) is 38.1 Å². The predicted molar refractivity (Wildman–Crippen MR) is 84.4 cm³/mol. The van der Waals surface area contributed by atoms with E-state index in [1.54, 1.807) is 0 Å². The van der Waals surface area contributed by atoms with E-state index in [9.17, 15) is 0 Å². The zero-order chi connectivity index (χ0) is 14.3. The van der Waals surface area contributed by atoms with Crippen molar-refractivity contribution in [2.45, 2.75) is 31.7 Å². The van der Waals surface area contributed by atoms with Gasteiger partial charge in [-0.1, -0.05) is 12.1 Å². The van der Waals surface area contributed by atoms with Gasteiger partial charge >= 0.3 is 0 Å². The number of rotatable bonds is 2. The van der Waals surface area contributed by atoms with Crippen molar-refractivity contribution < 1.29 is 8.90 Å². The van der Waals surface area contributed by atoms with E-state index in [4.69, 9.17) is 4.42 Å². The van der Waals surface area contributed by atoms with Crippen LogP contribution in [-0.4, -0.2) is 48.7 Å². The molecule has 1 aliphatic heterocycles. The fourth-order valence-electron chi connectivity index (χ4n) is 4.00. The molecular weight excluding hydrogens is 262 g/mol. The second kappa shape index (κ2) is 5.02. The Morgan fingerprint density at radius 1 is 1.14 bits per heavy atom. The molecule has 4 nitrogen and oxygen atoms in total. The molecule has 21 heavy (non-hydrogen) atoms. The molecule has 2 aliphatic rings. The Balaban J connectivity index is 1.49. The van der Waals surface area contributed by atoms with Crippen molar-refractivity contribution in [2.24, 2.45) is 0 Å². The number of aromatic nitrogens is 1. The molecule has 0 radical (unpaired) electrons. The van der Waals surface area contributed by atoms with Gasteiger partial charge in [0.25, 0.3) is 6.01 Å². The largest absolute Gasteiger partial charge is 0.423 e. The third-order valence-electron chi connectivity index (χ3n) is 5.52. The number of quaternary nitrogens is 1. The van der Waals surface area contributed by atoms with Crippen molar-refractivity contribution in [3.8, 4) is 0 Å². The zero-order valence-electron chi connectivity index (χ0n) is 12.8. The van der Waals surface area contributed by atoms with Gasteiger partial charge in [-0.3, -0.25) is 0 Å². The highest BCUT2D eigenvalue weighted by Crippen LogP contribution is 2.31. The Labute approximate surface area is 125 Å². The van der Waals surface area contributed by atoms with Crippen LogP contribution >= 0.6 is 0 Å². The molecule has 1 aliphatic carbocycles. The smallest absolute Gasteiger partial charge is 0.298 e. The van der Waals surface area contributed by atoms with Crippen LogP contribution in [0.1, 0.15) is 25.7 Å². The summed E-state index contributed by atoms with van der Waals surface area (Å²) >= 11 is 0. The number of fused-ring (bicyclic) bond motifs is 1. The van der Waals surface area contributed by atoms with Gasteiger partial charge in [0.1, 0.15) is 5.52 Å². The molecule has 2 fully saturated rings. The Kier molecular flexibility index (Phi) is 3.14. The molecule has 1 saturated carbocycles. The van der Waals surface area contributed by atoms with Gasteiger partial charge < -0.3 is 13.8 Å². The lowest BCUT2D eigenvalue weighted by Crippen LogP contribution is -2.61. The number of hydrogen-bond donors (Lipinski definition) is 0. The van der Waals surface area contributed by atoms with Crippen molar-refractivity contribution in [3.63, 3.8) is 0 Å². The fraction of sp³-hybridized carbons (Fsp3) is 0.588. The summed E-state index contributed by atoms with van der Waals surface area (Å²) in [6.07, 6.45) is 5.68. The molecule has 4 rings (SSSR count). The number of nitrogens with zero attached hydrogens (tertiary/aromatic N) is 3. The van der Waals surface area contributed by atoms with E-state index in [1.807, 2.05) is 24.3 Å². The maximum Gasteiger partial charge on any atom is 0.298 e. The molecule has 4 heteroatoms. The quantitative estimate of drug-likeness (QED) is 0.795. The predicted octanol–water partition coefficient (Wildman–Crippen LogP) is 3.04. The molecule has 0 N–H and O–H groups in total. The second-order valence-corrected chi connectivity index (χ2v) is 6.82. The van der Waals surface area contributed by atoms with E-state index in [2.05, 4.69) is 16.9 Å². The van der Waals surface area contributed by atoms with E-state index in [0.717, 1.165) is 36.2 Å². The van der Waals surface area contributed by atoms with Gasteiger partial charge in [-0.05, 0) is 37.8 Å². The minimum Gasteiger partial charge on any atom is -0.423 e. The van der Waals surface area contributed by atoms with Gasteiger partial charge in [-0.2, -0.15) is 4.98 Å². The summed E-state index contributed by atoms with van der Waals surface area (Å²) in [5.74, 6) is 0. The summed E-state index contributed by atoms with van der Waals surface area (Å²) in [5.41, 5.74) is 1.86. The van der Waals surface area contributed by atoms with E-state index < -0.39 is 0 Å². The number of oxazole rings is 1. The highest BCUT2D eigenvalue weighted by atomic mass is 16.4. The summed E-state index contributed by atoms with van der Waals surface area (Å²) in [4.78, 5) is 6.95. The number of likely N-dealkylation sites (N-methyl/N-ethyl adjacent to an activating group) is 1. The Hall–Kier alpha value is -1.55. The molecular formula is C17H24N3O+. The zero-order valence-corrected chi connectivity index (χ0v) is 12.8. The highest BCUT2D eigenvalue weighted by Gasteiger charge is 2.38. The Bertz CT molecular complexity index is 589. The van der Waals surface area contributed by atoms with Crippen molar-refractivity contribution in [1.82, 2.24) is 4.98 Å². The first-order valence-corrected chi connectivity index (χ1v) is 8.19. The minimum atomic E-state index is 0.800. The molecule has 0 unspecified atom stereocenters. The van der Waals surface area contributed by atoms with Crippen LogP contribution < -0.4 is 4.90 Å². The average molecular weight is 286 g/mol. The molecule has 112 valence electrons. The van der Waals surface area contributed by atoms with E-state index in [-0.39, 0.29) is 0 Å². The highest BCUT2D eigenvalue weighted by molar-refractivity contribution is 5.74. The van der Waals surface area contributed by atoms with Crippen LogP contribution in [0.4, 0.5) is 6.01 Å². The number of hydrogen-bond acceptors (Lipinski definition) is 3. The Morgan fingerprint density at radius 3 is 2.57 bits per heavy atom. The maximum atomic E-state index is 5.91.